The lowest BCUT2D eigenvalue weighted by Crippen LogP contribution is -2.31. The van der Waals surface area contributed by atoms with Crippen molar-refractivity contribution in [2.45, 2.75) is 57.8 Å². The maximum absolute atomic E-state index is 6.14. The molecule has 33 heavy (non-hydrogen) atoms. The Balaban J connectivity index is 1.12. The summed E-state index contributed by atoms with van der Waals surface area (Å²) in [5, 5.41) is 0. The predicted molar refractivity (Wildman–Crippen MR) is 135 cm³/mol. The maximum Gasteiger partial charge on any atom is 0.119 e. The van der Waals surface area contributed by atoms with Crippen molar-refractivity contribution in [3.63, 3.8) is 0 Å². The average Bonchev–Trinajstić information content (AvgIpc) is 3.23. The molecule has 0 unspecified atom stereocenters. The Morgan fingerprint density at radius 3 is 1.48 bits per heavy atom. The normalized spacial score (nSPS) is 18.7. The lowest BCUT2D eigenvalue weighted by molar-refractivity contribution is 0.205. The smallest absolute Gasteiger partial charge is 0.119 e. The molecule has 2 saturated heterocycles. The molecular formula is C29H40N2O2. The SMILES string of the molecule is c1cc2c(cc1OCCCN1CCCCC1)-c1cc(OCCCN3CCCCC3)ccc1C2. The molecule has 0 aromatic heterocycles. The van der Waals surface area contributed by atoms with Gasteiger partial charge >= 0.3 is 0 Å². The number of hydrogen-bond donors (Lipinski definition) is 0. The van der Waals surface area contributed by atoms with Gasteiger partial charge in [0.15, 0.2) is 0 Å². The van der Waals surface area contributed by atoms with Crippen molar-refractivity contribution in [3.05, 3.63) is 47.5 Å². The largest absolute Gasteiger partial charge is 0.494 e. The van der Waals surface area contributed by atoms with E-state index in [1.807, 2.05) is 0 Å². The molecule has 4 heteroatoms. The van der Waals surface area contributed by atoms with Crippen molar-refractivity contribution in [2.24, 2.45) is 0 Å². The Morgan fingerprint density at radius 2 is 1.03 bits per heavy atom. The van der Waals surface area contributed by atoms with Crippen LogP contribution < -0.4 is 9.47 Å². The molecule has 2 heterocycles. The minimum Gasteiger partial charge on any atom is -0.494 e. The van der Waals surface area contributed by atoms with Gasteiger partial charge in [0, 0.05) is 13.1 Å². The van der Waals surface area contributed by atoms with Gasteiger partial charge in [-0.05, 0) is 118 Å². The number of likely N-dealkylation sites (tertiary alicyclic amines) is 2. The van der Waals surface area contributed by atoms with Crippen LogP contribution in [0.3, 0.4) is 0 Å². The van der Waals surface area contributed by atoms with Crippen LogP contribution in [0.5, 0.6) is 11.5 Å². The number of fused-ring (bicyclic) bond motifs is 3. The number of rotatable bonds is 10. The molecule has 0 N–H and O–H groups in total. The minimum absolute atomic E-state index is 0.794. The van der Waals surface area contributed by atoms with E-state index in [4.69, 9.17) is 9.47 Å². The molecule has 0 amide bonds. The molecule has 2 fully saturated rings. The summed E-state index contributed by atoms with van der Waals surface area (Å²) in [6.07, 6.45) is 11.4. The quantitative estimate of drug-likeness (QED) is 0.368. The van der Waals surface area contributed by atoms with E-state index in [9.17, 15) is 0 Å². The second-order valence-corrected chi connectivity index (χ2v) is 10.0. The predicted octanol–water partition coefficient (Wildman–Crippen LogP) is 5.77. The van der Waals surface area contributed by atoms with E-state index < -0.39 is 0 Å². The first kappa shape index (κ1) is 22.7. The van der Waals surface area contributed by atoms with E-state index in [1.54, 1.807) is 0 Å². The first-order valence-electron chi connectivity index (χ1n) is 13.3. The van der Waals surface area contributed by atoms with Crippen LogP contribution in [0.1, 0.15) is 62.5 Å². The Morgan fingerprint density at radius 1 is 0.576 bits per heavy atom. The fraction of sp³-hybridized carbons (Fsp3) is 0.586. The lowest BCUT2D eigenvalue weighted by atomic mass is 10.1. The minimum atomic E-state index is 0.794. The summed E-state index contributed by atoms with van der Waals surface area (Å²) in [7, 11) is 0. The van der Waals surface area contributed by atoms with Gasteiger partial charge in [-0.15, -0.1) is 0 Å². The molecule has 0 radical (unpaired) electrons. The van der Waals surface area contributed by atoms with Crippen LogP contribution >= 0.6 is 0 Å². The van der Waals surface area contributed by atoms with Crippen LogP contribution in [0.15, 0.2) is 36.4 Å². The summed E-state index contributed by atoms with van der Waals surface area (Å²) in [4.78, 5) is 5.17. The number of ether oxygens (including phenoxy) is 2. The average molecular weight is 449 g/mol. The molecule has 0 saturated carbocycles. The molecule has 2 aromatic carbocycles. The van der Waals surface area contributed by atoms with Crippen molar-refractivity contribution in [1.29, 1.82) is 0 Å². The van der Waals surface area contributed by atoms with Crippen LogP contribution in [-0.2, 0) is 6.42 Å². The van der Waals surface area contributed by atoms with Crippen LogP contribution in [0.25, 0.3) is 11.1 Å². The summed E-state index contributed by atoms with van der Waals surface area (Å²) in [6.45, 7) is 8.95. The highest BCUT2D eigenvalue weighted by Gasteiger charge is 2.20. The fourth-order valence-corrected chi connectivity index (χ4v) is 5.63. The number of piperidine rings is 2. The highest BCUT2D eigenvalue weighted by atomic mass is 16.5. The molecule has 5 rings (SSSR count). The Bertz CT molecular complexity index is 827. The Kier molecular flexibility index (Phi) is 7.85. The second-order valence-electron chi connectivity index (χ2n) is 10.0. The maximum atomic E-state index is 6.14. The number of nitrogens with zero attached hydrogens (tertiary/aromatic N) is 2. The van der Waals surface area contributed by atoms with Gasteiger partial charge in [0.25, 0.3) is 0 Å². The van der Waals surface area contributed by atoms with E-state index in [2.05, 4.69) is 46.2 Å². The molecule has 0 atom stereocenters. The van der Waals surface area contributed by atoms with Crippen molar-refractivity contribution in [1.82, 2.24) is 9.80 Å². The highest BCUT2D eigenvalue weighted by molar-refractivity contribution is 5.78. The van der Waals surface area contributed by atoms with E-state index in [-0.39, 0.29) is 0 Å². The Hall–Kier alpha value is -2.04. The zero-order valence-corrected chi connectivity index (χ0v) is 20.2. The van der Waals surface area contributed by atoms with Gasteiger partial charge in [0.05, 0.1) is 13.2 Å². The molecule has 178 valence electrons. The van der Waals surface area contributed by atoms with E-state index in [0.29, 0.717) is 0 Å². The Labute approximate surface area is 199 Å². The van der Waals surface area contributed by atoms with Crippen molar-refractivity contribution in [3.8, 4) is 22.6 Å². The number of benzene rings is 2. The highest BCUT2D eigenvalue weighted by Crippen LogP contribution is 2.40. The van der Waals surface area contributed by atoms with E-state index >= 15 is 0 Å². The molecular weight excluding hydrogens is 408 g/mol. The van der Waals surface area contributed by atoms with Gasteiger partial charge in [-0.2, -0.15) is 0 Å². The first-order valence-corrected chi connectivity index (χ1v) is 13.3. The van der Waals surface area contributed by atoms with Crippen molar-refractivity contribution >= 4 is 0 Å². The summed E-state index contributed by atoms with van der Waals surface area (Å²) in [6, 6.07) is 13.3. The third-order valence-electron chi connectivity index (χ3n) is 7.51. The number of hydrogen-bond acceptors (Lipinski definition) is 4. The molecule has 0 bridgehead atoms. The van der Waals surface area contributed by atoms with E-state index in [0.717, 1.165) is 57.1 Å². The third kappa shape index (κ3) is 6.10. The van der Waals surface area contributed by atoms with Gasteiger partial charge in [-0.25, -0.2) is 0 Å². The van der Waals surface area contributed by atoms with Crippen LogP contribution in [0, 0.1) is 0 Å². The van der Waals surface area contributed by atoms with E-state index in [1.165, 1.54) is 87.0 Å². The summed E-state index contributed by atoms with van der Waals surface area (Å²) < 4.78 is 12.3. The molecule has 2 aromatic rings. The summed E-state index contributed by atoms with van der Waals surface area (Å²) in [5.41, 5.74) is 5.43. The summed E-state index contributed by atoms with van der Waals surface area (Å²) >= 11 is 0. The summed E-state index contributed by atoms with van der Waals surface area (Å²) in [5.74, 6) is 1.99. The zero-order valence-electron chi connectivity index (χ0n) is 20.2. The fourth-order valence-electron chi connectivity index (χ4n) is 5.63. The van der Waals surface area contributed by atoms with Crippen molar-refractivity contribution < 1.29 is 9.47 Å². The monoisotopic (exact) mass is 448 g/mol. The van der Waals surface area contributed by atoms with Crippen molar-refractivity contribution in [2.75, 3.05) is 52.5 Å². The topological polar surface area (TPSA) is 24.9 Å². The molecule has 0 spiro atoms. The van der Waals surface area contributed by atoms with Gasteiger partial charge < -0.3 is 19.3 Å². The lowest BCUT2D eigenvalue weighted by Gasteiger charge is -2.26. The molecule has 3 aliphatic rings. The van der Waals surface area contributed by atoms with Gasteiger partial charge in [0.1, 0.15) is 11.5 Å². The van der Waals surface area contributed by atoms with Gasteiger partial charge in [-0.3, -0.25) is 0 Å². The van der Waals surface area contributed by atoms with Crippen LogP contribution in [0.4, 0.5) is 0 Å². The molecule has 1 aliphatic carbocycles. The first-order chi connectivity index (χ1) is 16.3. The standard InChI is InChI=1S/C29H40N2O2/c1-3-13-30(14-4-1)17-7-19-32-26-11-9-24-21-25-10-12-27(23-29(25)28(24)22-26)33-20-8-18-31-15-5-2-6-16-31/h9-12,22-23H,1-8,13-21H2. The van der Waals surface area contributed by atoms with Crippen LogP contribution in [-0.4, -0.2) is 62.3 Å². The van der Waals surface area contributed by atoms with Gasteiger partial charge in [-0.1, -0.05) is 25.0 Å². The van der Waals surface area contributed by atoms with Gasteiger partial charge in [0.2, 0.25) is 0 Å². The molecule has 4 nitrogen and oxygen atoms in total. The molecule has 2 aliphatic heterocycles. The second kappa shape index (κ2) is 11.4. The van der Waals surface area contributed by atoms with Crippen LogP contribution in [0.2, 0.25) is 0 Å². The third-order valence-corrected chi connectivity index (χ3v) is 7.51. The zero-order chi connectivity index (χ0) is 22.3.